The van der Waals surface area contributed by atoms with E-state index >= 15 is 0 Å². The van der Waals surface area contributed by atoms with Gasteiger partial charge in [-0.2, -0.15) is 0 Å². The quantitative estimate of drug-likeness (QED) is 0.759. The molecule has 5 heteroatoms. The van der Waals surface area contributed by atoms with Crippen LogP contribution in [0.3, 0.4) is 0 Å². The Morgan fingerprint density at radius 3 is 2.21 bits per heavy atom. The molecular formula is C14H26N2O3. The van der Waals surface area contributed by atoms with E-state index in [0.29, 0.717) is 13.1 Å². The van der Waals surface area contributed by atoms with Crippen LogP contribution >= 0.6 is 0 Å². The highest BCUT2D eigenvalue weighted by molar-refractivity contribution is 5.70. The van der Waals surface area contributed by atoms with Crippen molar-refractivity contribution in [1.29, 1.82) is 0 Å². The summed E-state index contributed by atoms with van der Waals surface area (Å²) in [5.41, 5.74) is 4.38. The van der Waals surface area contributed by atoms with Gasteiger partial charge in [0, 0.05) is 5.54 Å². The van der Waals surface area contributed by atoms with Crippen LogP contribution in [-0.2, 0) is 4.74 Å². The van der Waals surface area contributed by atoms with Gasteiger partial charge in [0.2, 0.25) is 0 Å². The Labute approximate surface area is 115 Å². The van der Waals surface area contributed by atoms with E-state index in [9.17, 15) is 9.90 Å². The zero-order valence-corrected chi connectivity index (χ0v) is 12.2. The number of carbonyl (C=O) groups is 1. The van der Waals surface area contributed by atoms with Crippen molar-refractivity contribution in [1.82, 2.24) is 4.90 Å². The van der Waals surface area contributed by atoms with Gasteiger partial charge in [0.05, 0.1) is 13.1 Å². The van der Waals surface area contributed by atoms with E-state index in [0.717, 1.165) is 25.7 Å². The monoisotopic (exact) mass is 270 g/mol. The van der Waals surface area contributed by atoms with Crippen molar-refractivity contribution in [3.05, 3.63) is 0 Å². The SMILES string of the molecule is CC(C)(C)OC(=O)N1CC(O)(C2(N)CCCCC2)C1. The van der Waals surface area contributed by atoms with Gasteiger partial charge >= 0.3 is 6.09 Å². The van der Waals surface area contributed by atoms with Crippen LogP contribution in [0, 0.1) is 0 Å². The van der Waals surface area contributed by atoms with Crippen LogP contribution in [0.25, 0.3) is 0 Å². The Balaban J connectivity index is 1.92. The van der Waals surface area contributed by atoms with E-state index in [1.165, 1.54) is 11.3 Å². The standard InChI is InChI=1S/C14H26N2O3/c1-12(2,3)19-11(17)16-9-14(18,10-16)13(15)7-5-4-6-8-13/h18H,4-10,15H2,1-3H3. The van der Waals surface area contributed by atoms with E-state index < -0.39 is 16.7 Å². The van der Waals surface area contributed by atoms with Gasteiger partial charge in [-0.25, -0.2) is 4.79 Å². The molecule has 1 aliphatic heterocycles. The first kappa shape index (κ1) is 14.6. The van der Waals surface area contributed by atoms with E-state index in [-0.39, 0.29) is 6.09 Å². The smallest absolute Gasteiger partial charge is 0.410 e. The van der Waals surface area contributed by atoms with Crippen molar-refractivity contribution in [3.63, 3.8) is 0 Å². The highest BCUT2D eigenvalue weighted by Gasteiger charge is 2.57. The molecule has 0 bridgehead atoms. The lowest BCUT2D eigenvalue weighted by Crippen LogP contribution is -2.77. The van der Waals surface area contributed by atoms with E-state index in [1.807, 2.05) is 20.8 Å². The summed E-state index contributed by atoms with van der Waals surface area (Å²) in [7, 11) is 0. The van der Waals surface area contributed by atoms with Crippen LogP contribution < -0.4 is 5.73 Å². The number of carbonyl (C=O) groups excluding carboxylic acids is 1. The van der Waals surface area contributed by atoms with Gasteiger partial charge in [-0.15, -0.1) is 0 Å². The van der Waals surface area contributed by atoms with Crippen LogP contribution in [0.5, 0.6) is 0 Å². The molecule has 1 amide bonds. The fourth-order valence-electron chi connectivity index (χ4n) is 3.00. The third-order valence-electron chi connectivity index (χ3n) is 4.23. The van der Waals surface area contributed by atoms with Gasteiger partial charge in [-0.3, -0.25) is 0 Å². The first-order chi connectivity index (χ1) is 8.65. The molecule has 3 N–H and O–H groups in total. The molecular weight excluding hydrogens is 244 g/mol. The van der Waals surface area contributed by atoms with Crippen LogP contribution in [0.1, 0.15) is 52.9 Å². The maximum Gasteiger partial charge on any atom is 0.410 e. The summed E-state index contributed by atoms with van der Waals surface area (Å²) < 4.78 is 5.29. The number of likely N-dealkylation sites (tertiary alicyclic amines) is 1. The van der Waals surface area contributed by atoms with Crippen LogP contribution in [-0.4, -0.2) is 45.9 Å². The minimum Gasteiger partial charge on any atom is -0.444 e. The molecule has 0 unspecified atom stereocenters. The number of amides is 1. The molecule has 0 radical (unpaired) electrons. The molecule has 2 rings (SSSR count). The predicted octanol–water partition coefficient (Wildman–Crippen LogP) is 1.63. The van der Waals surface area contributed by atoms with Gasteiger partial charge in [0.1, 0.15) is 11.2 Å². The molecule has 1 aliphatic carbocycles. The zero-order valence-electron chi connectivity index (χ0n) is 12.2. The molecule has 0 aromatic rings. The predicted molar refractivity (Wildman–Crippen MR) is 72.8 cm³/mol. The number of nitrogens with two attached hydrogens (primary N) is 1. The molecule has 110 valence electrons. The van der Waals surface area contributed by atoms with E-state index in [4.69, 9.17) is 10.5 Å². The largest absolute Gasteiger partial charge is 0.444 e. The minimum absolute atomic E-state index is 0.290. The summed E-state index contributed by atoms with van der Waals surface area (Å²) in [6, 6.07) is 0. The van der Waals surface area contributed by atoms with Crippen molar-refractivity contribution in [2.75, 3.05) is 13.1 Å². The number of rotatable bonds is 1. The maximum atomic E-state index is 11.9. The molecule has 0 aromatic heterocycles. The zero-order chi connectivity index (χ0) is 14.3. The molecule has 5 nitrogen and oxygen atoms in total. The third kappa shape index (κ3) is 2.87. The summed E-state index contributed by atoms with van der Waals surface area (Å²) in [5.74, 6) is 0. The summed E-state index contributed by atoms with van der Waals surface area (Å²) in [6.45, 7) is 6.09. The second-order valence-electron chi connectivity index (χ2n) is 7.08. The lowest BCUT2D eigenvalue weighted by molar-refractivity contribution is -0.149. The van der Waals surface area contributed by atoms with Gasteiger partial charge < -0.3 is 20.5 Å². The lowest BCUT2D eigenvalue weighted by atomic mass is 9.67. The number of ether oxygens (including phenoxy) is 1. The van der Waals surface area contributed by atoms with Gasteiger partial charge in [0.25, 0.3) is 0 Å². The highest BCUT2D eigenvalue weighted by Crippen LogP contribution is 2.40. The second kappa shape index (κ2) is 4.63. The summed E-state index contributed by atoms with van der Waals surface area (Å²) in [6.07, 6.45) is 4.62. The average molecular weight is 270 g/mol. The third-order valence-corrected chi connectivity index (χ3v) is 4.23. The van der Waals surface area contributed by atoms with Gasteiger partial charge in [0.15, 0.2) is 0 Å². The molecule has 1 saturated carbocycles. The summed E-state index contributed by atoms with van der Waals surface area (Å²) >= 11 is 0. The fraction of sp³-hybridized carbons (Fsp3) is 0.929. The number of β-amino-alcohol motifs (C(OH)–C–C–N with tert-alkyl or cyclic N) is 1. The second-order valence-corrected chi connectivity index (χ2v) is 7.08. The lowest BCUT2D eigenvalue weighted by Gasteiger charge is -2.56. The molecule has 1 heterocycles. The Morgan fingerprint density at radius 1 is 1.21 bits per heavy atom. The van der Waals surface area contributed by atoms with Gasteiger partial charge in [-0.1, -0.05) is 19.3 Å². The Bertz CT molecular complexity index is 350. The van der Waals surface area contributed by atoms with Crippen molar-refractivity contribution in [2.24, 2.45) is 5.73 Å². The normalized spacial score (nSPS) is 25.6. The summed E-state index contributed by atoms with van der Waals surface area (Å²) in [4.78, 5) is 13.4. The van der Waals surface area contributed by atoms with Gasteiger partial charge in [-0.05, 0) is 33.6 Å². The van der Waals surface area contributed by atoms with Crippen molar-refractivity contribution < 1.29 is 14.6 Å². The van der Waals surface area contributed by atoms with E-state index in [2.05, 4.69) is 0 Å². The Hall–Kier alpha value is -0.810. The van der Waals surface area contributed by atoms with Crippen molar-refractivity contribution in [2.45, 2.75) is 69.6 Å². The highest BCUT2D eigenvalue weighted by atomic mass is 16.6. The van der Waals surface area contributed by atoms with Crippen molar-refractivity contribution >= 4 is 6.09 Å². The van der Waals surface area contributed by atoms with Crippen molar-refractivity contribution in [3.8, 4) is 0 Å². The van der Waals surface area contributed by atoms with Crippen LogP contribution in [0.15, 0.2) is 0 Å². The minimum atomic E-state index is -0.940. The summed E-state index contributed by atoms with van der Waals surface area (Å²) in [5, 5.41) is 10.6. The molecule has 19 heavy (non-hydrogen) atoms. The number of hydrogen-bond donors (Lipinski definition) is 2. The Kier molecular flexibility index (Phi) is 3.56. The maximum absolute atomic E-state index is 11.9. The number of aliphatic hydroxyl groups is 1. The molecule has 0 aromatic carbocycles. The molecule has 0 spiro atoms. The first-order valence-corrected chi connectivity index (χ1v) is 7.14. The average Bonchev–Trinajstić information content (AvgIpc) is 2.23. The fourth-order valence-corrected chi connectivity index (χ4v) is 3.00. The van der Waals surface area contributed by atoms with E-state index in [1.54, 1.807) is 0 Å². The number of nitrogens with zero attached hydrogens (tertiary/aromatic N) is 1. The van der Waals surface area contributed by atoms with Crippen LogP contribution in [0.2, 0.25) is 0 Å². The molecule has 2 fully saturated rings. The molecule has 1 saturated heterocycles. The molecule has 0 atom stereocenters. The first-order valence-electron chi connectivity index (χ1n) is 7.14. The topological polar surface area (TPSA) is 75.8 Å². The molecule has 2 aliphatic rings. The Morgan fingerprint density at radius 2 is 1.74 bits per heavy atom. The number of hydrogen-bond acceptors (Lipinski definition) is 4. The van der Waals surface area contributed by atoms with Crippen LogP contribution in [0.4, 0.5) is 4.79 Å².